The van der Waals surface area contributed by atoms with Gasteiger partial charge in [0.05, 0.1) is 0 Å². The van der Waals surface area contributed by atoms with Crippen LogP contribution in [0, 0.1) is 5.82 Å². The van der Waals surface area contributed by atoms with Crippen molar-refractivity contribution in [1.82, 2.24) is 4.90 Å². The molecule has 5 heteroatoms. The molecule has 4 nitrogen and oxygen atoms in total. The summed E-state index contributed by atoms with van der Waals surface area (Å²) in [7, 11) is 3.33. The van der Waals surface area contributed by atoms with Gasteiger partial charge in [0.2, 0.25) is 0 Å². The molecule has 0 fully saturated rings. The molecule has 1 N–H and O–H groups in total. The Hall–Kier alpha value is -2.40. The molecular formula is C17H18FNO3. The highest BCUT2D eigenvalue weighted by atomic mass is 19.1. The lowest BCUT2D eigenvalue weighted by atomic mass is 10.1. The van der Waals surface area contributed by atoms with E-state index in [9.17, 15) is 14.3 Å². The molecule has 1 atom stereocenters. The number of halogens is 1. The maximum absolute atomic E-state index is 13.6. The molecule has 116 valence electrons. The fourth-order valence-corrected chi connectivity index (χ4v) is 1.99. The van der Waals surface area contributed by atoms with Crippen LogP contribution in [0.5, 0.6) is 5.75 Å². The predicted octanol–water partition coefficient (Wildman–Crippen LogP) is 2.64. The van der Waals surface area contributed by atoms with E-state index in [2.05, 4.69) is 0 Å². The molecular weight excluding hydrogens is 285 g/mol. The summed E-state index contributed by atoms with van der Waals surface area (Å²) in [6.07, 6.45) is -1.07. The molecule has 0 spiro atoms. The molecule has 0 aromatic heterocycles. The maximum atomic E-state index is 13.6. The van der Waals surface area contributed by atoms with Gasteiger partial charge in [-0.15, -0.1) is 0 Å². The Morgan fingerprint density at radius 2 is 1.95 bits per heavy atom. The third-order valence-corrected chi connectivity index (χ3v) is 3.16. The average molecular weight is 303 g/mol. The molecule has 2 aromatic carbocycles. The molecule has 2 aromatic rings. The molecule has 2 rings (SSSR count). The fraction of sp³-hybridized carbons (Fsp3) is 0.235. The number of hydrogen-bond acceptors (Lipinski definition) is 3. The minimum Gasteiger partial charge on any atom is -0.491 e. The Bertz CT molecular complexity index is 658. The minimum absolute atomic E-state index is 0.0967. The van der Waals surface area contributed by atoms with Crippen molar-refractivity contribution >= 4 is 5.91 Å². The van der Waals surface area contributed by atoms with Gasteiger partial charge in [0, 0.05) is 25.2 Å². The number of carbonyl (C=O) groups is 1. The second-order valence-electron chi connectivity index (χ2n) is 5.08. The lowest BCUT2D eigenvalue weighted by Gasteiger charge is -2.15. The Kier molecular flexibility index (Phi) is 5.12. The van der Waals surface area contributed by atoms with Crippen LogP contribution in [-0.2, 0) is 0 Å². The first-order valence-electron chi connectivity index (χ1n) is 6.86. The quantitative estimate of drug-likeness (QED) is 0.924. The fourth-order valence-electron chi connectivity index (χ4n) is 1.99. The van der Waals surface area contributed by atoms with Crippen molar-refractivity contribution in [3.05, 3.63) is 65.5 Å². The van der Waals surface area contributed by atoms with Crippen LogP contribution in [-0.4, -0.2) is 36.6 Å². The van der Waals surface area contributed by atoms with E-state index in [1.54, 1.807) is 50.5 Å². The monoisotopic (exact) mass is 303 g/mol. The van der Waals surface area contributed by atoms with Crippen LogP contribution in [0.3, 0.4) is 0 Å². The smallest absolute Gasteiger partial charge is 0.253 e. The van der Waals surface area contributed by atoms with Crippen LogP contribution in [0.15, 0.2) is 48.5 Å². The van der Waals surface area contributed by atoms with E-state index in [1.807, 2.05) is 0 Å². The van der Waals surface area contributed by atoms with Gasteiger partial charge in [-0.3, -0.25) is 4.79 Å². The number of hydrogen-bond donors (Lipinski definition) is 1. The first kappa shape index (κ1) is 16.0. The molecule has 0 radical (unpaired) electrons. The van der Waals surface area contributed by atoms with Gasteiger partial charge in [0.15, 0.2) is 0 Å². The number of nitrogens with zero attached hydrogens (tertiary/aromatic N) is 1. The molecule has 0 aliphatic rings. The Morgan fingerprint density at radius 3 is 2.64 bits per heavy atom. The van der Waals surface area contributed by atoms with Crippen LogP contribution in [0.4, 0.5) is 4.39 Å². The number of benzene rings is 2. The number of carbonyl (C=O) groups excluding carboxylic acids is 1. The number of rotatable bonds is 5. The number of ether oxygens (including phenoxy) is 1. The molecule has 0 saturated carbocycles. The maximum Gasteiger partial charge on any atom is 0.253 e. The SMILES string of the molecule is CN(C)C(=O)c1cccc(OCC(O)c2ccccc2F)c1. The van der Waals surface area contributed by atoms with E-state index in [1.165, 1.54) is 17.0 Å². The third kappa shape index (κ3) is 3.83. The number of aliphatic hydroxyl groups excluding tert-OH is 1. The van der Waals surface area contributed by atoms with Gasteiger partial charge in [0.1, 0.15) is 24.3 Å². The largest absolute Gasteiger partial charge is 0.491 e. The van der Waals surface area contributed by atoms with Crippen molar-refractivity contribution in [2.45, 2.75) is 6.10 Å². The molecule has 0 bridgehead atoms. The van der Waals surface area contributed by atoms with Crippen LogP contribution in [0.2, 0.25) is 0 Å². The van der Waals surface area contributed by atoms with E-state index in [4.69, 9.17) is 4.74 Å². The minimum atomic E-state index is -1.07. The Morgan fingerprint density at radius 1 is 1.23 bits per heavy atom. The van der Waals surface area contributed by atoms with Crippen LogP contribution in [0.25, 0.3) is 0 Å². The molecule has 0 aliphatic heterocycles. The van der Waals surface area contributed by atoms with E-state index in [0.29, 0.717) is 11.3 Å². The summed E-state index contributed by atoms with van der Waals surface area (Å²) in [5, 5.41) is 9.99. The second-order valence-corrected chi connectivity index (χ2v) is 5.08. The van der Waals surface area contributed by atoms with E-state index >= 15 is 0 Å². The van der Waals surface area contributed by atoms with Gasteiger partial charge in [0.25, 0.3) is 5.91 Å². The molecule has 1 amide bonds. The van der Waals surface area contributed by atoms with Crippen molar-refractivity contribution in [2.24, 2.45) is 0 Å². The zero-order valence-corrected chi connectivity index (χ0v) is 12.5. The highest BCUT2D eigenvalue weighted by Gasteiger charge is 2.14. The zero-order valence-electron chi connectivity index (χ0n) is 12.5. The predicted molar refractivity (Wildman–Crippen MR) is 81.3 cm³/mol. The van der Waals surface area contributed by atoms with Crippen molar-refractivity contribution < 1.29 is 19.0 Å². The lowest BCUT2D eigenvalue weighted by Crippen LogP contribution is -2.21. The number of aliphatic hydroxyl groups is 1. The zero-order chi connectivity index (χ0) is 16.1. The average Bonchev–Trinajstić information content (AvgIpc) is 2.52. The number of amides is 1. The van der Waals surface area contributed by atoms with E-state index < -0.39 is 11.9 Å². The van der Waals surface area contributed by atoms with Gasteiger partial charge in [-0.1, -0.05) is 24.3 Å². The van der Waals surface area contributed by atoms with E-state index in [0.717, 1.165) is 0 Å². The summed E-state index contributed by atoms with van der Waals surface area (Å²) in [4.78, 5) is 13.3. The summed E-state index contributed by atoms with van der Waals surface area (Å²) >= 11 is 0. The normalized spacial score (nSPS) is 11.8. The molecule has 0 saturated heterocycles. The second kappa shape index (κ2) is 7.04. The van der Waals surface area contributed by atoms with Gasteiger partial charge < -0.3 is 14.7 Å². The summed E-state index contributed by atoms with van der Waals surface area (Å²) < 4.78 is 19.0. The van der Waals surface area contributed by atoms with Crippen LogP contribution < -0.4 is 4.74 Å². The van der Waals surface area contributed by atoms with Crippen molar-refractivity contribution in [3.63, 3.8) is 0 Å². The van der Waals surface area contributed by atoms with Gasteiger partial charge in [-0.25, -0.2) is 4.39 Å². The van der Waals surface area contributed by atoms with Crippen LogP contribution >= 0.6 is 0 Å². The first-order chi connectivity index (χ1) is 10.5. The van der Waals surface area contributed by atoms with Crippen LogP contribution in [0.1, 0.15) is 22.0 Å². The Labute approximate surface area is 128 Å². The molecule has 0 aliphatic carbocycles. The van der Waals surface area contributed by atoms with Gasteiger partial charge in [-0.05, 0) is 24.3 Å². The lowest BCUT2D eigenvalue weighted by molar-refractivity contribution is 0.0826. The van der Waals surface area contributed by atoms with Crippen molar-refractivity contribution in [1.29, 1.82) is 0 Å². The molecule has 1 unspecified atom stereocenters. The molecule has 22 heavy (non-hydrogen) atoms. The summed E-state index contributed by atoms with van der Waals surface area (Å²) in [6.45, 7) is -0.0967. The highest BCUT2D eigenvalue weighted by molar-refractivity contribution is 5.94. The highest BCUT2D eigenvalue weighted by Crippen LogP contribution is 2.20. The van der Waals surface area contributed by atoms with Gasteiger partial charge >= 0.3 is 0 Å². The summed E-state index contributed by atoms with van der Waals surface area (Å²) in [6, 6.07) is 12.7. The first-order valence-corrected chi connectivity index (χ1v) is 6.86. The molecule has 0 heterocycles. The van der Waals surface area contributed by atoms with E-state index in [-0.39, 0.29) is 18.1 Å². The topological polar surface area (TPSA) is 49.8 Å². The standard InChI is InChI=1S/C17H18FNO3/c1-19(2)17(21)12-6-5-7-13(10-12)22-11-16(20)14-8-3-4-9-15(14)18/h3-10,16,20H,11H2,1-2H3. The van der Waals surface area contributed by atoms with Crippen molar-refractivity contribution in [2.75, 3.05) is 20.7 Å². The Balaban J connectivity index is 2.04. The third-order valence-electron chi connectivity index (χ3n) is 3.16. The summed E-state index contributed by atoms with van der Waals surface area (Å²) in [5.74, 6) is -0.168. The van der Waals surface area contributed by atoms with Crippen molar-refractivity contribution in [3.8, 4) is 5.75 Å². The summed E-state index contributed by atoms with van der Waals surface area (Å²) in [5.41, 5.74) is 0.672. The van der Waals surface area contributed by atoms with Gasteiger partial charge in [-0.2, -0.15) is 0 Å².